The predicted molar refractivity (Wildman–Crippen MR) is 83.8 cm³/mol. The molecule has 0 spiro atoms. The molecule has 0 bridgehead atoms. The summed E-state index contributed by atoms with van der Waals surface area (Å²) < 4.78 is 0. The van der Waals surface area contributed by atoms with Crippen molar-refractivity contribution in [3.8, 4) is 0 Å². The second-order valence-corrected chi connectivity index (χ2v) is 5.69. The first kappa shape index (κ1) is 14.1. The minimum Gasteiger partial charge on any atom is -0.348 e. The van der Waals surface area contributed by atoms with E-state index in [2.05, 4.69) is 35.1 Å². The van der Waals surface area contributed by atoms with Gasteiger partial charge in [-0.2, -0.15) is 0 Å². The summed E-state index contributed by atoms with van der Waals surface area (Å²) in [7, 11) is 0. The van der Waals surface area contributed by atoms with Gasteiger partial charge in [0.25, 0.3) is 5.91 Å². The molecule has 1 N–H and O–H groups in total. The highest BCUT2D eigenvalue weighted by molar-refractivity contribution is 9.09. The third-order valence-corrected chi connectivity index (χ3v) is 4.00. The van der Waals surface area contributed by atoms with Gasteiger partial charge >= 0.3 is 0 Å². The number of halogens is 1. The maximum Gasteiger partial charge on any atom is 0.251 e. The molecule has 0 fully saturated rings. The summed E-state index contributed by atoms with van der Waals surface area (Å²) in [5, 5.41) is 6.07. The fraction of sp³-hybridized carbons (Fsp3) is 0.312. The summed E-state index contributed by atoms with van der Waals surface area (Å²) in [6.07, 6.45) is 0. The van der Waals surface area contributed by atoms with Crippen molar-refractivity contribution in [3.05, 3.63) is 48.0 Å². The fourth-order valence-corrected chi connectivity index (χ4v) is 2.88. The van der Waals surface area contributed by atoms with Crippen molar-refractivity contribution in [2.24, 2.45) is 5.92 Å². The molecule has 100 valence electrons. The summed E-state index contributed by atoms with van der Waals surface area (Å²) in [6, 6.07) is 14.0. The maximum absolute atomic E-state index is 12.2. The van der Waals surface area contributed by atoms with Crippen LogP contribution in [0.3, 0.4) is 0 Å². The summed E-state index contributed by atoms with van der Waals surface area (Å²) in [5.74, 6) is 0.396. The molecule has 0 heterocycles. The van der Waals surface area contributed by atoms with Gasteiger partial charge in [-0.25, -0.2) is 0 Å². The highest BCUT2D eigenvalue weighted by Crippen LogP contribution is 2.16. The molecule has 2 aromatic rings. The second-order valence-electron chi connectivity index (χ2n) is 5.04. The van der Waals surface area contributed by atoms with Crippen LogP contribution in [0.15, 0.2) is 42.5 Å². The molecule has 2 rings (SSSR count). The van der Waals surface area contributed by atoms with E-state index in [9.17, 15) is 4.79 Å². The average Bonchev–Trinajstić information content (AvgIpc) is 2.43. The van der Waals surface area contributed by atoms with Crippen LogP contribution in [0.4, 0.5) is 0 Å². The van der Waals surface area contributed by atoms with E-state index in [1.54, 1.807) is 0 Å². The normalized spacial score (nSPS) is 12.6. The molecule has 3 heteroatoms. The average molecular weight is 320 g/mol. The molecule has 0 saturated heterocycles. The number of nitrogens with one attached hydrogen (secondary N) is 1. The lowest BCUT2D eigenvalue weighted by Crippen LogP contribution is -2.39. The minimum atomic E-state index is -0.0103. The SMILES string of the molecule is CC(C)C(CBr)NC(=O)c1ccc2ccccc2c1. The smallest absolute Gasteiger partial charge is 0.251 e. The van der Waals surface area contributed by atoms with Gasteiger partial charge in [-0.3, -0.25) is 4.79 Å². The third kappa shape index (κ3) is 3.35. The number of rotatable bonds is 4. The first-order chi connectivity index (χ1) is 9.11. The zero-order valence-corrected chi connectivity index (χ0v) is 12.8. The van der Waals surface area contributed by atoms with E-state index in [1.165, 1.54) is 0 Å². The van der Waals surface area contributed by atoms with Gasteiger partial charge in [-0.1, -0.05) is 60.1 Å². The molecule has 1 atom stereocenters. The largest absolute Gasteiger partial charge is 0.348 e. The van der Waals surface area contributed by atoms with E-state index in [4.69, 9.17) is 0 Å². The Bertz CT molecular complexity index is 580. The van der Waals surface area contributed by atoms with E-state index in [1.807, 2.05) is 42.5 Å². The topological polar surface area (TPSA) is 29.1 Å². The lowest BCUT2D eigenvalue weighted by atomic mass is 10.0. The predicted octanol–water partition coefficient (Wildman–Crippen LogP) is 3.99. The van der Waals surface area contributed by atoms with E-state index in [-0.39, 0.29) is 11.9 Å². The van der Waals surface area contributed by atoms with Crippen molar-refractivity contribution in [3.63, 3.8) is 0 Å². The van der Waals surface area contributed by atoms with Gasteiger partial charge in [-0.05, 0) is 28.8 Å². The van der Waals surface area contributed by atoms with Crippen LogP contribution in [0.5, 0.6) is 0 Å². The zero-order valence-electron chi connectivity index (χ0n) is 11.2. The van der Waals surface area contributed by atoms with E-state index in [0.717, 1.165) is 16.1 Å². The Morgan fingerprint density at radius 2 is 1.84 bits per heavy atom. The van der Waals surface area contributed by atoms with Crippen LogP contribution in [-0.4, -0.2) is 17.3 Å². The molecular formula is C16H18BrNO. The molecule has 0 aliphatic carbocycles. The van der Waals surface area contributed by atoms with Gasteiger partial charge in [0.2, 0.25) is 0 Å². The Balaban J connectivity index is 2.21. The molecule has 0 aliphatic rings. The number of hydrogen-bond acceptors (Lipinski definition) is 1. The van der Waals surface area contributed by atoms with Crippen LogP contribution >= 0.6 is 15.9 Å². The number of amides is 1. The number of benzene rings is 2. The van der Waals surface area contributed by atoms with Crippen LogP contribution in [0.25, 0.3) is 10.8 Å². The lowest BCUT2D eigenvalue weighted by Gasteiger charge is -2.20. The summed E-state index contributed by atoms with van der Waals surface area (Å²) >= 11 is 3.44. The maximum atomic E-state index is 12.2. The van der Waals surface area contributed by atoms with Crippen molar-refractivity contribution < 1.29 is 4.79 Å². The van der Waals surface area contributed by atoms with Gasteiger partial charge in [0.15, 0.2) is 0 Å². The van der Waals surface area contributed by atoms with Gasteiger partial charge in [0.1, 0.15) is 0 Å². The first-order valence-electron chi connectivity index (χ1n) is 6.47. The number of hydrogen-bond donors (Lipinski definition) is 1. The Kier molecular flexibility index (Phi) is 4.59. The molecule has 2 aromatic carbocycles. The Labute approximate surface area is 122 Å². The summed E-state index contributed by atoms with van der Waals surface area (Å²) in [4.78, 5) is 12.2. The van der Waals surface area contributed by atoms with Crippen molar-refractivity contribution in [2.75, 3.05) is 5.33 Å². The molecule has 0 radical (unpaired) electrons. The van der Waals surface area contributed by atoms with E-state index >= 15 is 0 Å². The molecule has 2 nitrogen and oxygen atoms in total. The quantitative estimate of drug-likeness (QED) is 0.848. The van der Waals surface area contributed by atoms with Crippen molar-refractivity contribution >= 4 is 32.6 Å². The monoisotopic (exact) mass is 319 g/mol. The number of carbonyl (C=O) groups is 1. The Morgan fingerprint density at radius 1 is 1.16 bits per heavy atom. The minimum absolute atomic E-state index is 0.0103. The van der Waals surface area contributed by atoms with Gasteiger partial charge < -0.3 is 5.32 Å². The molecule has 19 heavy (non-hydrogen) atoms. The highest BCUT2D eigenvalue weighted by atomic mass is 79.9. The fourth-order valence-electron chi connectivity index (χ4n) is 1.97. The van der Waals surface area contributed by atoms with Crippen LogP contribution in [0.2, 0.25) is 0 Å². The molecule has 0 aliphatic heterocycles. The van der Waals surface area contributed by atoms with Crippen molar-refractivity contribution in [1.82, 2.24) is 5.32 Å². The molecule has 0 aromatic heterocycles. The second kappa shape index (κ2) is 6.20. The van der Waals surface area contributed by atoms with Crippen molar-refractivity contribution in [2.45, 2.75) is 19.9 Å². The zero-order chi connectivity index (χ0) is 13.8. The number of alkyl halides is 1. The lowest BCUT2D eigenvalue weighted by molar-refractivity contribution is 0.0932. The molecule has 1 unspecified atom stereocenters. The first-order valence-corrected chi connectivity index (χ1v) is 7.59. The molecule has 0 saturated carbocycles. The van der Waals surface area contributed by atoms with E-state index < -0.39 is 0 Å². The van der Waals surface area contributed by atoms with Gasteiger partial charge in [0, 0.05) is 16.9 Å². The Hall–Kier alpha value is -1.35. The van der Waals surface area contributed by atoms with Gasteiger partial charge in [0.05, 0.1) is 0 Å². The highest BCUT2D eigenvalue weighted by Gasteiger charge is 2.15. The molecular weight excluding hydrogens is 302 g/mol. The number of fused-ring (bicyclic) bond motifs is 1. The van der Waals surface area contributed by atoms with Crippen LogP contribution in [0.1, 0.15) is 24.2 Å². The standard InChI is InChI=1S/C16H18BrNO/c1-11(2)15(10-17)18-16(19)14-8-7-12-5-3-4-6-13(12)9-14/h3-9,11,15H,10H2,1-2H3,(H,18,19). The number of carbonyl (C=O) groups excluding carboxylic acids is 1. The Morgan fingerprint density at radius 3 is 2.47 bits per heavy atom. The van der Waals surface area contributed by atoms with Crippen LogP contribution in [-0.2, 0) is 0 Å². The van der Waals surface area contributed by atoms with Crippen LogP contribution in [0, 0.1) is 5.92 Å². The van der Waals surface area contributed by atoms with Crippen molar-refractivity contribution in [1.29, 1.82) is 0 Å². The van der Waals surface area contributed by atoms with Gasteiger partial charge in [-0.15, -0.1) is 0 Å². The molecule has 1 amide bonds. The summed E-state index contributed by atoms with van der Waals surface area (Å²) in [6.45, 7) is 4.21. The summed E-state index contributed by atoms with van der Waals surface area (Å²) in [5.41, 5.74) is 0.713. The van der Waals surface area contributed by atoms with E-state index in [0.29, 0.717) is 11.5 Å². The third-order valence-electron chi connectivity index (χ3n) is 3.30. The van der Waals surface area contributed by atoms with Crippen LogP contribution < -0.4 is 5.32 Å².